The van der Waals surface area contributed by atoms with Crippen LogP contribution in [0.1, 0.15) is 27.7 Å². The van der Waals surface area contributed by atoms with Crippen molar-refractivity contribution >= 4 is 0 Å². The fourth-order valence-corrected chi connectivity index (χ4v) is 1.13. The zero-order valence-corrected chi connectivity index (χ0v) is 9.67. The van der Waals surface area contributed by atoms with Crippen molar-refractivity contribution in [1.29, 1.82) is 0 Å². The maximum absolute atomic E-state index is 3.82. The normalized spacial score (nSPS) is 13.1. The largest absolute Gasteiger partial charge is 0.0984 e. The third-order valence-corrected chi connectivity index (χ3v) is 1.78. The SMILES string of the molecule is C=CC(=C\C=C/C)/C(C=C(C)C)=C/C. The van der Waals surface area contributed by atoms with Crippen molar-refractivity contribution in [3.05, 3.63) is 59.8 Å². The Labute approximate surface area is 88.0 Å². The molecule has 0 aliphatic rings. The molecule has 0 aliphatic carbocycles. The van der Waals surface area contributed by atoms with Crippen LogP contribution in [-0.2, 0) is 0 Å². The van der Waals surface area contributed by atoms with Gasteiger partial charge in [-0.25, -0.2) is 0 Å². The minimum Gasteiger partial charge on any atom is -0.0984 e. The van der Waals surface area contributed by atoms with Gasteiger partial charge in [0.2, 0.25) is 0 Å². The van der Waals surface area contributed by atoms with Crippen molar-refractivity contribution < 1.29 is 0 Å². The lowest BCUT2D eigenvalue weighted by atomic mass is 10.0. The summed E-state index contributed by atoms with van der Waals surface area (Å²) in [6.45, 7) is 12.1. The average Bonchev–Trinajstić information content (AvgIpc) is 2.16. The molecular formula is C14H20. The summed E-state index contributed by atoms with van der Waals surface area (Å²) in [5.74, 6) is 0. The molecule has 0 fully saturated rings. The molecule has 0 aromatic carbocycles. The first kappa shape index (κ1) is 12.7. The van der Waals surface area contributed by atoms with Crippen molar-refractivity contribution in [2.45, 2.75) is 27.7 Å². The molecule has 0 spiro atoms. The van der Waals surface area contributed by atoms with E-state index in [9.17, 15) is 0 Å². The van der Waals surface area contributed by atoms with Crippen LogP contribution >= 0.6 is 0 Å². The van der Waals surface area contributed by atoms with E-state index < -0.39 is 0 Å². The fourth-order valence-electron chi connectivity index (χ4n) is 1.13. The molecule has 0 aromatic heterocycles. The first-order valence-electron chi connectivity index (χ1n) is 4.92. The zero-order chi connectivity index (χ0) is 11.0. The molecule has 0 radical (unpaired) electrons. The van der Waals surface area contributed by atoms with E-state index in [1.807, 2.05) is 32.1 Å². The third kappa shape index (κ3) is 4.66. The van der Waals surface area contributed by atoms with Crippen LogP contribution in [0.3, 0.4) is 0 Å². The molecule has 0 aliphatic heterocycles. The Morgan fingerprint density at radius 3 is 2.07 bits per heavy atom. The molecule has 0 bridgehead atoms. The van der Waals surface area contributed by atoms with Gasteiger partial charge in [0.05, 0.1) is 0 Å². The third-order valence-electron chi connectivity index (χ3n) is 1.78. The predicted molar refractivity (Wildman–Crippen MR) is 66.3 cm³/mol. The highest BCUT2D eigenvalue weighted by molar-refractivity contribution is 5.47. The maximum Gasteiger partial charge on any atom is -0.0193 e. The van der Waals surface area contributed by atoms with Crippen molar-refractivity contribution in [3.63, 3.8) is 0 Å². The minimum absolute atomic E-state index is 1.16. The molecule has 14 heavy (non-hydrogen) atoms. The van der Waals surface area contributed by atoms with Crippen molar-refractivity contribution in [3.8, 4) is 0 Å². The summed E-state index contributed by atoms with van der Waals surface area (Å²) in [5, 5.41) is 0. The number of hydrogen-bond acceptors (Lipinski definition) is 0. The molecule has 76 valence electrons. The Balaban J connectivity index is 5.01. The van der Waals surface area contributed by atoms with E-state index in [0.717, 1.165) is 5.57 Å². The Kier molecular flexibility index (Phi) is 6.47. The number of hydrogen-bond donors (Lipinski definition) is 0. The van der Waals surface area contributed by atoms with Crippen LogP contribution in [0, 0.1) is 0 Å². The second-order valence-corrected chi connectivity index (χ2v) is 3.32. The highest BCUT2D eigenvalue weighted by atomic mass is 14.0. The van der Waals surface area contributed by atoms with Gasteiger partial charge >= 0.3 is 0 Å². The summed E-state index contributed by atoms with van der Waals surface area (Å²) < 4.78 is 0. The number of allylic oxidation sites excluding steroid dienone is 9. The summed E-state index contributed by atoms with van der Waals surface area (Å²) in [7, 11) is 0. The Hall–Kier alpha value is -1.30. The molecule has 0 saturated carbocycles. The molecule has 0 N–H and O–H groups in total. The van der Waals surface area contributed by atoms with Gasteiger partial charge in [0, 0.05) is 0 Å². The lowest BCUT2D eigenvalue weighted by Crippen LogP contribution is -1.83. The van der Waals surface area contributed by atoms with Gasteiger partial charge in [0.15, 0.2) is 0 Å². The quantitative estimate of drug-likeness (QED) is 0.566. The maximum atomic E-state index is 3.82. The van der Waals surface area contributed by atoms with Gasteiger partial charge in [-0.3, -0.25) is 0 Å². The molecule has 0 heteroatoms. The van der Waals surface area contributed by atoms with Gasteiger partial charge in [-0.1, -0.05) is 48.6 Å². The van der Waals surface area contributed by atoms with E-state index in [1.165, 1.54) is 11.1 Å². The van der Waals surface area contributed by atoms with E-state index in [1.54, 1.807) is 0 Å². The number of rotatable bonds is 4. The van der Waals surface area contributed by atoms with E-state index >= 15 is 0 Å². The van der Waals surface area contributed by atoms with E-state index in [0.29, 0.717) is 0 Å². The molecule has 0 nitrogen and oxygen atoms in total. The molecule has 0 saturated heterocycles. The van der Waals surface area contributed by atoms with Crippen molar-refractivity contribution in [1.82, 2.24) is 0 Å². The van der Waals surface area contributed by atoms with Gasteiger partial charge in [0.1, 0.15) is 0 Å². The average molecular weight is 188 g/mol. The van der Waals surface area contributed by atoms with E-state index in [4.69, 9.17) is 0 Å². The van der Waals surface area contributed by atoms with Crippen LogP contribution in [0.5, 0.6) is 0 Å². The summed E-state index contributed by atoms with van der Waals surface area (Å²) in [4.78, 5) is 0. The highest BCUT2D eigenvalue weighted by Crippen LogP contribution is 2.14. The molecule has 0 atom stereocenters. The van der Waals surface area contributed by atoms with Crippen molar-refractivity contribution in [2.75, 3.05) is 0 Å². The summed E-state index contributed by atoms with van der Waals surface area (Å²) in [5.41, 5.74) is 3.68. The second-order valence-electron chi connectivity index (χ2n) is 3.32. The van der Waals surface area contributed by atoms with Gasteiger partial charge in [-0.15, -0.1) is 0 Å². The van der Waals surface area contributed by atoms with Crippen LogP contribution in [0.4, 0.5) is 0 Å². The van der Waals surface area contributed by atoms with Crippen LogP contribution in [0.25, 0.3) is 0 Å². The molecule has 0 aromatic rings. The van der Waals surface area contributed by atoms with Gasteiger partial charge in [-0.05, 0) is 38.8 Å². The molecule has 0 rings (SSSR count). The van der Waals surface area contributed by atoms with Gasteiger partial charge in [-0.2, -0.15) is 0 Å². The fraction of sp³-hybridized carbons (Fsp3) is 0.286. The van der Waals surface area contributed by atoms with Crippen LogP contribution in [0.15, 0.2) is 59.8 Å². The monoisotopic (exact) mass is 188 g/mol. The van der Waals surface area contributed by atoms with Crippen LogP contribution < -0.4 is 0 Å². The molecule has 0 amide bonds. The molecular weight excluding hydrogens is 168 g/mol. The van der Waals surface area contributed by atoms with Crippen LogP contribution in [-0.4, -0.2) is 0 Å². The molecule has 0 unspecified atom stereocenters. The van der Waals surface area contributed by atoms with Crippen LogP contribution in [0.2, 0.25) is 0 Å². The van der Waals surface area contributed by atoms with Gasteiger partial charge < -0.3 is 0 Å². The summed E-state index contributed by atoms with van der Waals surface area (Å²) >= 11 is 0. The first-order valence-corrected chi connectivity index (χ1v) is 4.92. The van der Waals surface area contributed by atoms with Gasteiger partial charge in [0.25, 0.3) is 0 Å². The standard InChI is InChI=1S/C14H20/c1-6-9-10-13(7-2)14(8-3)11-12(4)5/h6-11H,2H2,1,3-5H3/b9-6-,13-10+,14-8+. The van der Waals surface area contributed by atoms with E-state index in [2.05, 4.69) is 38.7 Å². The second kappa shape index (κ2) is 7.14. The van der Waals surface area contributed by atoms with Crippen molar-refractivity contribution in [2.24, 2.45) is 0 Å². The summed E-state index contributed by atoms with van der Waals surface area (Å²) in [6.07, 6.45) is 12.3. The lowest BCUT2D eigenvalue weighted by Gasteiger charge is -2.02. The Morgan fingerprint density at radius 2 is 1.71 bits per heavy atom. The predicted octanol–water partition coefficient (Wildman–Crippen LogP) is 4.59. The molecule has 0 heterocycles. The lowest BCUT2D eigenvalue weighted by molar-refractivity contribution is 1.35. The van der Waals surface area contributed by atoms with E-state index in [-0.39, 0.29) is 0 Å². The first-order chi connectivity index (χ1) is 6.65. The Morgan fingerprint density at radius 1 is 1.07 bits per heavy atom. The minimum atomic E-state index is 1.16. The smallest absolute Gasteiger partial charge is 0.0193 e. The Bertz CT molecular complexity index is 292. The topological polar surface area (TPSA) is 0 Å². The summed E-state index contributed by atoms with van der Waals surface area (Å²) in [6, 6.07) is 0. The highest BCUT2D eigenvalue weighted by Gasteiger charge is 1.95. The zero-order valence-electron chi connectivity index (χ0n) is 9.67.